The Balaban J connectivity index is 1.86. The summed E-state index contributed by atoms with van der Waals surface area (Å²) < 4.78 is 2.46. The van der Waals surface area contributed by atoms with Crippen LogP contribution in [0.1, 0.15) is 81.1 Å². The van der Waals surface area contributed by atoms with Crippen molar-refractivity contribution in [1.29, 1.82) is 0 Å². The maximum atomic E-state index is 5.31. The zero-order valence-corrected chi connectivity index (χ0v) is 25.0. The Bertz CT molecular complexity index is 1840. The summed E-state index contributed by atoms with van der Waals surface area (Å²) in [4.78, 5) is 14.3. The molecule has 4 nitrogen and oxygen atoms in total. The fraction of sp³-hybridized carbons (Fsp3) is 0.333. The SMILES string of the molecule is CCC1=C(CC)c2cc3c(CC)c(C)c(cc4nc(cc5[nH]c(cc1n2)c(CC)c5C)-c1ccccc1-4)n3CC. The van der Waals surface area contributed by atoms with Crippen molar-refractivity contribution in [2.45, 2.75) is 80.7 Å². The summed E-state index contributed by atoms with van der Waals surface area (Å²) in [5.74, 6) is 0. The molecule has 0 saturated heterocycles. The van der Waals surface area contributed by atoms with Crippen molar-refractivity contribution in [2.75, 3.05) is 0 Å². The normalized spacial score (nSPS) is 12.8. The topological polar surface area (TPSA) is 46.5 Å². The summed E-state index contributed by atoms with van der Waals surface area (Å²) in [6.45, 7) is 16.7. The lowest BCUT2D eigenvalue weighted by Crippen LogP contribution is -1.94. The second-order valence-electron chi connectivity index (χ2n) is 10.9. The summed E-state index contributed by atoms with van der Waals surface area (Å²) in [6, 6.07) is 17.8. The third-order valence-electron chi connectivity index (χ3n) is 8.96. The number of aromatic amines is 1. The number of H-pyrrole nitrogens is 1. The minimum atomic E-state index is 0.890. The molecule has 0 spiro atoms. The van der Waals surface area contributed by atoms with Gasteiger partial charge in [-0.05, 0) is 104 Å². The van der Waals surface area contributed by atoms with E-state index in [1.807, 2.05) is 0 Å². The first kappa shape index (κ1) is 26.3. The van der Waals surface area contributed by atoms with Crippen molar-refractivity contribution in [3.63, 3.8) is 0 Å². The van der Waals surface area contributed by atoms with Crippen LogP contribution in [0.25, 0.3) is 55.7 Å². The van der Waals surface area contributed by atoms with Crippen LogP contribution in [-0.4, -0.2) is 19.5 Å². The Labute approximate surface area is 237 Å². The Morgan fingerprint density at radius 1 is 0.600 bits per heavy atom. The molecule has 6 rings (SSSR count). The summed E-state index contributed by atoms with van der Waals surface area (Å²) in [5.41, 5.74) is 19.5. The molecule has 3 aromatic heterocycles. The highest BCUT2D eigenvalue weighted by Crippen LogP contribution is 2.39. The van der Waals surface area contributed by atoms with E-state index < -0.39 is 0 Å². The van der Waals surface area contributed by atoms with Crippen LogP contribution < -0.4 is 0 Å². The zero-order valence-electron chi connectivity index (χ0n) is 25.0. The number of nitrogens with one attached hydrogen (secondary N) is 1. The van der Waals surface area contributed by atoms with Crippen molar-refractivity contribution in [3.8, 4) is 22.5 Å². The Morgan fingerprint density at radius 3 is 1.75 bits per heavy atom. The van der Waals surface area contributed by atoms with Gasteiger partial charge in [-0.1, -0.05) is 52.0 Å². The summed E-state index contributed by atoms with van der Waals surface area (Å²) in [7, 11) is 0. The van der Waals surface area contributed by atoms with Crippen LogP contribution in [-0.2, 0) is 19.4 Å². The van der Waals surface area contributed by atoms with Crippen molar-refractivity contribution in [3.05, 3.63) is 82.2 Å². The number of allylic oxidation sites excluding steroid dienone is 2. The van der Waals surface area contributed by atoms with Crippen molar-refractivity contribution >= 4 is 33.2 Å². The van der Waals surface area contributed by atoms with Gasteiger partial charge in [-0.25, -0.2) is 9.97 Å². The van der Waals surface area contributed by atoms with Gasteiger partial charge < -0.3 is 9.55 Å². The lowest BCUT2D eigenvalue weighted by atomic mass is 9.99. The van der Waals surface area contributed by atoms with E-state index in [4.69, 9.17) is 9.97 Å². The molecule has 0 radical (unpaired) electrons. The average Bonchev–Trinajstić information content (AvgIpc) is 3.64. The van der Waals surface area contributed by atoms with Gasteiger partial charge in [0.15, 0.2) is 0 Å². The van der Waals surface area contributed by atoms with Crippen LogP contribution >= 0.6 is 0 Å². The minimum Gasteiger partial charge on any atom is -0.355 e. The van der Waals surface area contributed by atoms with Crippen LogP contribution in [0.4, 0.5) is 0 Å². The third kappa shape index (κ3) is 3.96. The monoisotopic (exact) mass is 528 g/mol. The van der Waals surface area contributed by atoms with Crippen LogP contribution in [0.5, 0.6) is 0 Å². The molecule has 0 fully saturated rings. The number of aryl methyl sites for hydroxylation is 5. The van der Waals surface area contributed by atoms with Crippen LogP contribution in [0, 0.1) is 13.8 Å². The molecule has 40 heavy (non-hydrogen) atoms. The van der Waals surface area contributed by atoms with E-state index in [2.05, 4.69) is 107 Å². The van der Waals surface area contributed by atoms with Gasteiger partial charge in [0, 0.05) is 39.7 Å². The first-order valence-corrected chi connectivity index (χ1v) is 15.0. The van der Waals surface area contributed by atoms with Crippen molar-refractivity contribution in [2.24, 2.45) is 0 Å². The molecule has 0 saturated carbocycles. The lowest BCUT2D eigenvalue weighted by Gasteiger charge is -2.05. The molecule has 1 aromatic carbocycles. The molecule has 0 unspecified atom stereocenters. The van der Waals surface area contributed by atoms with Gasteiger partial charge in [-0.3, -0.25) is 0 Å². The maximum absolute atomic E-state index is 5.31. The Kier molecular flexibility index (Phi) is 6.74. The maximum Gasteiger partial charge on any atom is 0.0737 e. The Hall–Kier alpha value is -3.92. The van der Waals surface area contributed by atoms with E-state index in [1.54, 1.807) is 0 Å². The average molecular weight is 529 g/mol. The Morgan fingerprint density at radius 2 is 1.15 bits per heavy atom. The fourth-order valence-electron chi connectivity index (χ4n) is 6.92. The molecular weight excluding hydrogens is 488 g/mol. The summed E-state index contributed by atoms with van der Waals surface area (Å²) in [5, 5.41) is 0. The number of rotatable bonds is 5. The predicted octanol–water partition coefficient (Wildman–Crippen LogP) is 9.61. The van der Waals surface area contributed by atoms with Gasteiger partial charge in [0.1, 0.15) is 0 Å². The first-order chi connectivity index (χ1) is 19.4. The second kappa shape index (κ2) is 10.2. The molecule has 1 N–H and O–H groups in total. The largest absolute Gasteiger partial charge is 0.355 e. The molecule has 0 aliphatic carbocycles. The number of fused-ring (bicyclic) bond motifs is 11. The quantitative estimate of drug-likeness (QED) is 0.247. The molecular formula is C36H40N4. The molecule has 4 aromatic rings. The van der Waals surface area contributed by atoms with E-state index in [1.165, 1.54) is 55.6 Å². The van der Waals surface area contributed by atoms with E-state index in [-0.39, 0.29) is 0 Å². The number of benzene rings is 1. The van der Waals surface area contributed by atoms with E-state index in [0.29, 0.717) is 0 Å². The van der Waals surface area contributed by atoms with Crippen molar-refractivity contribution < 1.29 is 0 Å². The van der Waals surface area contributed by atoms with E-state index in [0.717, 1.165) is 66.0 Å². The van der Waals surface area contributed by atoms with E-state index in [9.17, 15) is 0 Å². The molecule has 0 amide bonds. The number of hydrogen-bond donors (Lipinski definition) is 1. The number of aromatic nitrogens is 4. The second-order valence-corrected chi connectivity index (χ2v) is 10.9. The highest BCUT2D eigenvalue weighted by atomic mass is 15.0. The minimum absolute atomic E-state index is 0.890. The van der Waals surface area contributed by atoms with Gasteiger partial charge in [-0.15, -0.1) is 0 Å². The molecule has 5 heterocycles. The van der Waals surface area contributed by atoms with Gasteiger partial charge in [0.2, 0.25) is 0 Å². The lowest BCUT2D eigenvalue weighted by molar-refractivity contribution is 0.822. The highest BCUT2D eigenvalue weighted by molar-refractivity contribution is 5.94. The van der Waals surface area contributed by atoms with Crippen LogP contribution in [0.15, 0.2) is 48.5 Å². The first-order valence-electron chi connectivity index (χ1n) is 15.0. The van der Waals surface area contributed by atoms with Gasteiger partial charge in [-0.2, -0.15) is 0 Å². The third-order valence-corrected chi connectivity index (χ3v) is 8.96. The van der Waals surface area contributed by atoms with Crippen molar-refractivity contribution in [1.82, 2.24) is 19.5 Å². The molecule has 8 bridgehead atoms. The molecule has 204 valence electrons. The summed E-state index contributed by atoms with van der Waals surface area (Å²) >= 11 is 0. The molecule has 4 heteroatoms. The van der Waals surface area contributed by atoms with Gasteiger partial charge in [0.25, 0.3) is 0 Å². The predicted molar refractivity (Wildman–Crippen MR) is 170 cm³/mol. The smallest absolute Gasteiger partial charge is 0.0737 e. The van der Waals surface area contributed by atoms with Gasteiger partial charge >= 0.3 is 0 Å². The van der Waals surface area contributed by atoms with Crippen LogP contribution in [0.3, 0.4) is 0 Å². The highest BCUT2D eigenvalue weighted by Gasteiger charge is 2.21. The molecule has 2 aliphatic heterocycles. The fourth-order valence-corrected chi connectivity index (χ4v) is 6.92. The molecule has 2 aliphatic rings. The summed E-state index contributed by atoms with van der Waals surface area (Å²) in [6.07, 6.45) is 3.88. The number of nitrogens with zero attached hydrogens (tertiary/aromatic N) is 3. The zero-order chi connectivity index (χ0) is 28.1. The van der Waals surface area contributed by atoms with E-state index >= 15 is 0 Å². The number of hydrogen-bond acceptors (Lipinski definition) is 2. The standard InChI is InChI=1S/C36H40N4/c1-8-23-21(6)29-17-32-27-15-13-14-16-28(27)34(39-32)19-35-22(7)24(9-2)36(40(35)12-5)20-33-26(11-4)25(10-3)31(38-33)18-30(23)37-29/h13-20,37H,8-12H2,1-7H3. The van der Waals surface area contributed by atoms with Crippen LogP contribution in [0.2, 0.25) is 0 Å². The molecule has 0 atom stereocenters. The van der Waals surface area contributed by atoms with Gasteiger partial charge in [0.05, 0.1) is 22.8 Å².